The molecule has 26 heavy (non-hydrogen) atoms. The minimum Gasteiger partial charge on any atom is -0.353 e. The molecular formula is C20H26N4O2. The fourth-order valence-corrected chi connectivity index (χ4v) is 3.29. The number of rotatable bonds is 7. The summed E-state index contributed by atoms with van der Waals surface area (Å²) < 4.78 is 1.97. The quantitative estimate of drug-likeness (QED) is 0.802. The maximum absolute atomic E-state index is 12.2. The first kappa shape index (κ1) is 18.2. The fraction of sp³-hybridized carbons (Fsp3) is 0.450. The first-order chi connectivity index (χ1) is 12.7. The number of hydrogen-bond acceptors (Lipinski definition) is 3. The van der Waals surface area contributed by atoms with Gasteiger partial charge in [0, 0.05) is 43.5 Å². The van der Waals surface area contributed by atoms with Crippen molar-refractivity contribution in [2.45, 2.75) is 51.1 Å². The third-order valence-electron chi connectivity index (χ3n) is 4.75. The molecule has 1 saturated carbocycles. The highest BCUT2D eigenvalue weighted by molar-refractivity contribution is 5.94. The van der Waals surface area contributed by atoms with Gasteiger partial charge < -0.3 is 15.2 Å². The molecule has 2 aromatic rings. The summed E-state index contributed by atoms with van der Waals surface area (Å²) in [4.78, 5) is 28.2. The predicted octanol–water partition coefficient (Wildman–Crippen LogP) is 2.50. The summed E-state index contributed by atoms with van der Waals surface area (Å²) in [5, 5.41) is 5.88. The number of hydrogen-bond donors (Lipinski definition) is 2. The van der Waals surface area contributed by atoms with Crippen molar-refractivity contribution >= 4 is 11.8 Å². The second kappa shape index (κ2) is 9.17. The van der Waals surface area contributed by atoms with E-state index in [1.165, 1.54) is 19.3 Å². The van der Waals surface area contributed by atoms with Crippen LogP contribution in [0.25, 0.3) is 0 Å². The molecular weight excluding hydrogens is 328 g/mol. The Kier molecular flexibility index (Phi) is 6.41. The van der Waals surface area contributed by atoms with Gasteiger partial charge in [-0.2, -0.15) is 0 Å². The molecule has 6 heteroatoms. The number of imidazole rings is 1. The Balaban J connectivity index is 1.39. The van der Waals surface area contributed by atoms with Crippen molar-refractivity contribution in [1.82, 2.24) is 20.2 Å². The third kappa shape index (κ3) is 5.44. The fourth-order valence-electron chi connectivity index (χ4n) is 3.29. The highest BCUT2D eigenvalue weighted by atomic mass is 16.2. The number of aromatic nitrogens is 2. The summed E-state index contributed by atoms with van der Waals surface area (Å²) in [7, 11) is 0. The largest absolute Gasteiger partial charge is 0.353 e. The molecule has 1 aliphatic rings. The van der Waals surface area contributed by atoms with Crippen molar-refractivity contribution in [2.75, 3.05) is 6.54 Å². The van der Waals surface area contributed by atoms with Gasteiger partial charge in [0.2, 0.25) is 5.91 Å². The molecule has 1 aromatic heterocycles. The number of carbonyl (C=O) groups excluding carboxylic acids is 2. The molecule has 1 aromatic carbocycles. The lowest BCUT2D eigenvalue weighted by Crippen LogP contribution is -2.38. The predicted molar refractivity (Wildman–Crippen MR) is 99.7 cm³/mol. The Labute approximate surface area is 154 Å². The zero-order valence-corrected chi connectivity index (χ0v) is 15.0. The minimum atomic E-state index is -0.148. The molecule has 1 heterocycles. The molecule has 0 atom stereocenters. The van der Waals surface area contributed by atoms with Crippen LogP contribution >= 0.6 is 0 Å². The van der Waals surface area contributed by atoms with Crippen molar-refractivity contribution < 1.29 is 9.59 Å². The van der Waals surface area contributed by atoms with E-state index in [1.54, 1.807) is 12.5 Å². The summed E-state index contributed by atoms with van der Waals surface area (Å²) >= 11 is 0. The standard InChI is InChI=1S/C20H26N4O2/c25-19(23-18-4-2-1-3-5-18)10-11-22-20(26)17-8-6-16(7-9-17)14-24-13-12-21-15-24/h6-9,12-13,15,18H,1-5,10-11,14H2,(H,22,26)(H,23,25). The normalized spacial score (nSPS) is 14.8. The summed E-state index contributed by atoms with van der Waals surface area (Å²) in [5.41, 5.74) is 1.71. The van der Waals surface area contributed by atoms with Gasteiger partial charge in [-0.05, 0) is 30.5 Å². The number of amides is 2. The zero-order chi connectivity index (χ0) is 18.2. The second-order valence-electron chi connectivity index (χ2n) is 6.84. The van der Waals surface area contributed by atoms with Crippen LogP contribution in [-0.2, 0) is 11.3 Å². The van der Waals surface area contributed by atoms with Gasteiger partial charge in [0.1, 0.15) is 0 Å². The van der Waals surface area contributed by atoms with Crippen LogP contribution < -0.4 is 10.6 Å². The molecule has 6 nitrogen and oxygen atoms in total. The smallest absolute Gasteiger partial charge is 0.251 e. The van der Waals surface area contributed by atoms with Crippen LogP contribution in [0.2, 0.25) is 0 Å². The summed E-state index contributed by atoms with van der Waals surface area (Å²) in [6, 6.07) is 7.80. The zero-order valence-electron chi connectivity index (χ0n) is 15.0. The second-order valence-corrected chi connectivity index (χ2v) is 6.84. The first-order valence-corrected chi connectivity index (χ1v) is 9.33. The van der Waals surface area contributed by atoms with Gasteiger partial charge >= 0.3 is 0 Å². The average Bonchev–Trinajstić information content (AvgIpc) is 3.16. The lowest BCUT2D eigenvalue weighted by atomic mass is 9.95. The molecule has 0 radical (unpaired) electrons. The molecule has 1 fully saturated rings. The van der Waals surface area contributed by atoms with Gasteiger partial charge in [-0.3, -0.25) is 9.59 Å². The lowest BCUT2D eigenvalue weighted by molar-refractivity contribution is -0.121. The Morgan fingerprint density at radius 3 is 2.58 bits per heavy atom. The van der Waals surface area contributed by atoms with Gasteiger partial charge in [-0.15, -0.1) is 0 Å². The molecule has 3 rings (SSSR count). The lowest BCUT2D eigenvalue weighted by Gasteiger charge is -2.22. The molecule has 2 N–H and O–H groups in total. The highest BCUT2D eigenvalue weighted by Crippen LogP contribution is 2.17. The molecule has 1 aliphatic carbocycles. The number of carbonyl (C=O) groups is 2. The summed E-state index contributed by atoms with van der Waals surface area (Å²) in [5.74, 6) is -0.127. The van der Waals surface area contributed by atoms with E-state index in [-0.39, 0.29) is 11.8 Å². The molecule has 0 bridgehead atoms. The van der Waals surface area contributed by atoms with E-state index in [1.807, 2.05) is 35.0 Å². The van der Waals surface area contributed by atoms with Crippen LogP contribution in [0.1, 0.15) is 54.4 Å². The molecule has 138 valence electrons. The molecule has 0 saturated heterocycles. The van der Waals surface area contributed by atoms with E-state index >= 15 is 0 Å². The van der Waals surface area contributed by atoms with Gasteiger partial charge in [-0.1, -0.05) is 31.4 Å². The Bertz CT molecular complexity index is 704. The Morgan fingerprint density at radius 1 is 1.12 bits per heavy atom. The van der Waals surface area contributed by atoms with Crippen molar-refractivity contribution in [1.29, 1.82) is 0 Å². The van der Waals surface area contributed by atoms with Crippen molar-refractivity contribution in [3.8, 4) is 0 Å². The summed E-state index contributed by atoms with van der Waals surface area (Å²) in [6.07, 6.45) is 11.5. The van der Waals surface area contributed by atoms with E-state index in [0.29, 0.717) is 24.6 Å². The maximum Gasteiger partial charge on any atom is 0.251 e. The van der Waals surface area contributed by atoms with Gasteiger partial charge in [0.15, 0.2) is 0 Å². The topological polar surface area (TPSA) is 76.0 Å². The van der Waals surface area contributed by atoms with Gasteiger partial charge in [-0.25, -0.2) is 4.98 Å². The third-order valence-corrected chi connectivity index (χ3v) is 4.75. The maximum atomic E-state index is 12.2. The van der Waals surface area contributed by atoms with E-state index < -0.39 is 0 Å². The van der Waals surface area contributed by atoms with Crippen LogP contribution in [0.15, 0.2) is 43.0 Å². The molecule has 0 unspecified atom stereocenters. The van der Waals surface area contributed by atoms with E-state index in [2.05, 4.69) is 15.6 Å². The van der Waals surface area contributed by atoms with Crippen LogP contribution in [0, 0.1) is 0 Å². The van der Waals surface area contributed by atoms with Crippen LogP contribution in [0.5, 0.6) is 0 Å². The van der Waals surface area contributed by atoms with Gasteiger partial charge in [0.05, 0.1) is 6.33 Å². The molecule has 0 spiro atoms. The van der Waals surface area contributed by atoms with Crippen molar-refractivity contribution in [3.63, 3.8) is 0 Å². The Hall–Kier alpha value is -2.63. The first-order valence-electron chi connectivity index (χ1n) is 9.33. The van der Waals surface area contributed by atoms with Crippen molar-refractivity contribution in [2.24, 2.45) is 0 Å². The van der Waals surface area contributed by atoms with E-state index in [9.17, 15) is 9.59 Å². The van der Waals surface area contributed by atoms with Crippen LogP contribution in [0.4, 0.5) is 0 Å². The monoisotopic (exact) mass is 354 g/mol. The van der Waals surface area contributed by atoms with Gasteiger partial charge in [0.25, 0.3) is 5.91 Å². The van der Waals surface area contributed by atoms with Crippen LogP contribution in [-0.4, -0.2) is 34.0 Å². The number of nitrogens with zero attached hydrogens (tertiary/aromatic N) is 2. The summed E-state index contributed by atoms with van der Waals surface area (Å²) in [6.45, 7) is 1.08. The molecule has 0 aliphatic heterocycles. The Morgan fingerprint density at radius 2 is 1.88 bits per heavy atom. The SMILES string of the molecule is O=C(CCNC(=O)c1ccc(Cn2ccnc2)cc1)NC1CCCCC1. The highest BCUT2D eigenvalue weighted by Gasteiger charge is 2.15. The number of nitrogens with one attached hydrogen (secondary N) is 2. The number of benzene rings is 1. The van der Waals surface area contributed by atoms with E-state index in [0.717, 1.165) is 24.9 Å². The average molecular weight is 354 g/mol. The minimum absolute atomic E-state index is 0.0212. The molecule has 2 amide bonds. The van der Waals surface area contributed by atoms with Crippen LogP contribution in [0.3, 0.4) is 0 Å². The van der Waals surface area contributed by atoms with Crippen molar-refractivity contribution in [3.05, 3.63) is 54.1 Å². The van der Waals surface area contributed by atoms with E-state index in [4.69, 9.17) is 0 Å².